The van der Waals surface area contributed by atoms with E-state index in [0.29, 0.717) is 28.3 Å². The summed E-state index contributed by atoms with van der Waals surface area (Å²) in [5, 5.41) is 7.02. The van der Waals surface area contributed by atoms with E-state index >= 15 is 0 Å². The summed E-state index contributed by atoms with van der Waals surface area (Å²) in [6.07, 6.45) is 4.71. The predicted molar refractivity (Wildman–Crippen MR) is 104 cm³/mol. The summed E-state index contributed by atoms with van der Waals surface area (Å²) in [6, 6.07) is 9.32. The minimum Gasteiger partial charge on any atom is -0.360 e. The normalized spacial score (nSPS) is 14.0. The molecule has 0 bridgehead atoms. The Kier molecular flexibility index (Phi) is 4.70. The molecule has 3 aromatic rings. The Balaban J connectivity index is 1.61. The summed E-state index contributed by atoms with van der Waals surface area (Å²) in [4.78, 5) is 28.2. The molecule has 1 amide bonds. The van der Waals surface area contributed by atoms with E-state index in [1.54, 1.807) is 19.2 Å². The lowest BCUT2D eigenvalue weighted by Gasteiger charge is -2.25. The van der Waals surface area contributed by atoms with E-state index < -0.39 is 0 Å². The van der Waals surface area contributed by atoms with Crippen LogP contribution in [0.3, 0.4) is 0 Å². The van der Waals surface area contributed by atoms with Crippen molar-refractivity contribution in [2.75, 3.05) is 0 Å². The van der Waals surface area contributed by atoms with Gasteiger partial charge in [0.25, 0.3) is 5.91 Å². The van der Waals surface area contributed by atoms with Gasteiger partial charge >= 0.3 is 0 Å². The van der Waals surface area contributed by atoms with Gasteiger partial charge in [-0.3, -0.25) is 9.59 Å². The molecule has 2 N–H and O–H groups in total. The van der Waals surface area contributed by atoms with E-state index in [0.717, 1.165) is 29.3 Å². The number of aromatic amines is 1. The third kappa shape index (κ3) is 3.47. The van der Waals surface area contributed by atoms with Gasteiger partial charge in [-0.15, -0.1) is 0 Å². The molecule has 4 rings (SSSR count). The molecule has 6 nitrogen and oxygen atoms in total. The first-order chi connectivity index (χ1) is 13.0. The van der Waals surface area contributed by atoms with Crippen LogP contribution < -0.4 is 5.32 Å². The average Bonchev–Trinajstić information content (AvgIpc) is 3.25. The quantitative estimate of drug-likeness (QED) is 0.595. The second-order valence-corrected chi connectivity index (χ2v) is 7.62. The summed E-state index contributed by atoms with van der Waals surface area (Å²) < 4.78 is 6.22. The molecule has 0 atom stereocenters. The van der Waals surface area contributed by atoms with Gasteiger partial charge in [-0.1, -0.05) is 33.2 Å². The van der Waals surface area contributed by atoms with Gasteiger partial charge in [0.05, 0.1) is 5.56 Å². The first-order valence-electron chi connectivity index (χ1n) is 8.79. The summed E-state index contributed by atoms with van der Waals surface area (Å²) >= 11 is 3.40. The van der Waals surface area contributed by atoms with Gasteiger partial charge in [0, 0.05) is 27.8 Å². The van der Waals surface area contributed by atoms with Gasteiger partial charge in [-0.2, -0.15) is 0 Å². The first-order valence-corrected chi connectivity index (χ1v) is 9.58. The number of hydrogen-bond acceptors (Lipinski definition) is 4. The Labute approximate surface area is 164 Å². The monoisotopic (exact) mass is 427 g/mol. The maximum Gasteiger partial charge on any atom is 0.267 e. The van der Waals surface area contributed by atoms with Gasteiger partial charge in [-0.05, 0) is 44.4 Å². The third-order valence-electron chi connectivity index (χ3n) is 4.84. The van der Waals surface area contributed by atoms with E-state index in [-0.39, 0.29) is 17.7 Å². The summed E-state index contributed by atoms with van der Waals surface area (Å²) in [5.74, 6) is 0.0270. The van der Waals surface area contributed by atoms with Crippen LogP contribution in [0, 0.1) is 6.92 Å². The van der Waals surface area contributed by atoms with Crippen molar-refractivity contribution in [3.8, 4) is 11.3 Å². The van der Waals surface area contributed by atoms with E-state index in [1.165, 1.54) is 0 Å². The molecule has 27 heavy (non-hydrogen) atoms. The van der Waals surface area contributed by atoms with Gasteiger partial charge in [0.15, 0.2) is 5.78 Å². The molecule has 1 saturated carbocycles. The van der Waals surface area contributed by atoms with E-state index in [9.17, 15) is 9.59 Å². The molecule has 0 spiro atoms. The molecule has 7 heteroatoms. The lowest BCUT2D eigenvalue weighted by Crippen LogP contribution is -2.39. The molecule has 2 heterocycles. The Morgan fingerprint density at radius 2 is 2.00 bits per heavy atom. The molecule has 1 aliphatic rings. The lowest BCUT2D eigenvalue weighted by atomic mass is 9.93. The smallest absolute Gasteiger partial charge is 0.267 e. The third-order valence-corrected chi connectivity index (χ3v) is 5.37. The van der Waals surface area contributed by atoms with Crippen LogP contribution in [0.1, 0.15) is 51.4 Å². The fourth-order valence-corrected chi connectivity index (χ4v) is 3.33. The fourth-order valence-electron chi connectivity index (χ4n) is 3.06. The van der Waals surface area contributed by atoms with Crippen molar-refractivity contribution in [2.45, 2.75) is 32.2 Å². The van der Waals surface area contributed by atoms with Crippen molar-refractivity contribution in [1.29, 1.82) is 0 Å². The minimum absolute atomic E-state index is 0.186. The minimum atomic E-state index is -0.231. The SMILES string of the molecule is Cc1onc(-c2ccc(Br)cc2)c1C(=O)c1c[nH]c(C(=O)NC2CCC2)c1. The van der Waals surface area contributed by atoms with Crippen LogP contribution in [0.25, 0.3) is 11.3 Å². The Morgan fingerprint density at radius 1 is 1.26 bits per heavy atom. The summed E-state index contributed by atoms with van der Waals surface area (Å²) in [5.41, 5.74) is 2.47. The number of aryl methyl sites for hydroxylation is 1. The van der Waals surface area contributed by atoms with Crippen LogP contribution in [0.2, 0.25) is 0 Å². The molecular weight excluding hydrogens is 410 g/mol. The fraction of sp³-hybridized carbons (Fsp3) is 0.250. The highest BCUT2D eigenvalue weighted by molar-refractivity contribution is 9.10. The number of rotatable bonds is 5. The number of carbonyl (C=O) groups is 2. The number of ketones is 1. The highest BCUT2D eigenvalue weighted by Crippen LogP contribution is 2.28. The van der Waals surface area contributed by atoms with Crippen LogP contribution in [0.4, 0.5) is 0 Å². The molecule has 138 valence electrons. The number of hydrogen-bond donors (Lipinski definition) is 2. The van der Waals surface area contributed by atoms with Gasteiger partial charge in [0.2, 0.25) is 0 Å². The molecule has 0 aliphatic heterocycles. The molecule has 1 aromatic carbocycles. The molecule has 0 unspecified atom stereocenters. The van der Waals surface area contributed by atoms with Crippen molar-refractivity contribution in [3.63, 3.8) is 0 Å². The lowest BCUT2D eigenvalue weighted by molar-refractivity contribution is 0.0912. The van der Waals surface area contributed by atoms with Gasteiger partial charge in [-0.25, -0.2) is 0 Å². The topological polar surface area (TPSA) is 88.0 Å². The van der Waals surface area contributed by atoms with Crippen LogP contribution in [0.15, 0.2) is 45.5 Å². The number of carbonyl (C=O) groups excluding carboxylic acids is 2. The predicted octanol–water partition coefficient (Wildman–Crippen LogP) is 4.25. The number of halogens is 1. The Bertz CT molecular complexity index is 1000. The number of aromatic nitrogens is 2. The largest absolute Gasteiger partial charge is 0.360 e. The number of amides is 1. The van der Waals surface area contributed by atoms with E-state index in [2.05, 4.69) is 31.4 Å². The molecule has 0 saturated heterocycles. The Hall–Kier alpha value is -2.67. The zero-order valence-electron chi connectivity index (χ0n) is 14.7. The zero-order chi connectivity index (χ0) is 19.0. The number of nitrogens with zero attached hydrogens (tertiary/aromatic N) is 1. The van der Waals surface area contributed by atoms with Crippen molar-refractivity contribution in [3.05, 3.63) is 63.6 Å². The van der Waals surface area contributed by atoms with Crippen LogP contribution in [0.5, 0.6) is 0 Å². The van der Waals surface area contributed by atoms with Crippen molar-refractivity contribution < 1.29 is 14.1 Å². The first kappa shape index (κ1) is 17.7. The summed E-state index contributed by atoms with van der Waals surface area (Å²) in [6.45, 7) is 1.71. The second kappa shape index (κ2) is 7.15. The molecule has 0 radical (unpaired) electrons. The number of nitrogens with one attached hydrogen (secondary N) is 2. The maximum absolute atomic E-state index is 13.1. The highest BCUT2D eigenvalue weighted by Gasteiger charge is 2.25. The van der Waals surface area contributed by atoms with Crippen molar-refractivity contribution >= 4 is 27.6 Å². The standard InChI is InChI=1S/C20H18BrN3O3/c1-11-17(18(24-27-11)12-5-7-14(21)8-6-12)19(25)13-9-16(22-10-13)20(26)23-15-3-2-4-15/h5-10,15,22H,2-4H2,1H3,(H,23,26). The van der Waals surface area contributed by atoms with Crippen molar-refractivity contribution in [2.24, 2.45) is 0 Å². The zero-order valence-corrected chi connectivity index (χ0v) is 16.3. The number of benzene rings is 1. The van der Waals surface area contributed by atoms with E-state index in [1.807, 2.05) is 24.3 Å². The van der Waals surface area contributed by atoms with Crippen LogP contribution >= 0.6 is 15.9 Å². The summed E-state index contributed by atoms with van der Waals surface area (Å²) in [7, 11) is 0. The number of H-pyrrole nitrogens is 1. The van der Waals surface area contributed by atoms with Crippen LogP contribution in [-0.4, -0.2) is 27.9 Å². The molecule has 1 aliphatic carbocycles. The average molecular weight is 428 g/mol. The van der Waals surface area contributed by atoms with Gasteiger partial charge < -0.3 is 14.8 Å². The highest BCUT2D eigenvalue weighted by atomic mass is 79.9. The van der Waals surface area contributed by atoms with Gasteiger partial charge in [0.1, 0.15) is 17.1 Å². The van der Waals surface area contributed by atoms with Crippen LogP contribution in [-0.2, 0) is 0 Å². The van der Waals surface area contributed by atoms with E-state index in [4.69, 9.17) is 4.52 Å². The molecular formula is C20H18BrN3O3. The Morgan fingerprint density at radius 3 is 2.67 bits per heavy atom. The molecule has 2 aromatic heterocycles. The van der Waals surface area contributed by atoms with Crippen molar-refractivity contribution in [1.82, 2.24) is 15.5 Å². The second-order valence-electron chi connectivity index (χ2n) is 6.70. The maximum atomic E-state index is 13.1. The molecule has 1 fully saturated rings.